The molecule has 0 bridgehead atoms. The third-order valence-electron chi connectivity index (χ3n) is 4.00. The van der Waals surface area contributed by atoms with Crippen LogP contribution in [0.25, 0.3) is 0 Å². The average Bonchev–Trinajstić information content (AvgIpc) is 3.05. The van der Waals surface area contributed by atoms with Gasteiger partial charge in [0, 0.05) is 18.9 Å². The zero-order chi connectivity index (χ0) is 20.0. The Morgan fingerprint density at radius 3 is 2.50 bits per heavy atom. The molecule has 2 N–H and O–H groups in total. The molecule has 2 rings (SSSR count). The van der Waals surface area contributed by atoms with Gasteiger partial charge in [-0.25, -0.2) is 13.4 Å². The molecule has 156 valence electrons. The maximum Gasteiger partial charge on any atom is 0.191 e. The molecule has 1 aromatic heterocycles. The number of aliphatic imine (C=N–C) groups is 1. The van der Waals surface area contributed by atoms with Gasteiger partial charge in [-0.2, -0.15) is 0 Å². The zero-order valence-electron chi connectivity index (χ0n) is 16.9. The highest BCUT2D eigenvalue weighted by Gasteiger charge is 2.11. The molecule has 2 aromatic rings. The largest absolute Gasteiger partial charge is 0.359 e. The summed E-state index contributed by atoms with van der Waals surface area (Å²) < 4.78 is 28.8. The van der Waals surface area contributed by atoms with Gasteiger partial charge in [-0.3, -0.25) is 0 Å². The number of benzene rings is 1. The quantitative estimate of drug-likeness (QED) is 0.330. The Kier molecular flexibility index (Phi) is 9.42. The second kappa shape index (κ2) is 10.8. The molecule has 0 amide bonds. The molecule has 28 heavy (non-hydrogen) atoms. The lowest BCUT2D eigenvalue weighted by Gasteiger charge is -2.10. The fourth-order valence-electron chi connectivity index (χ4n) is 2.59. The van der Waals surface area contributed by atoms with Gasteiger partial charge < -0.3 is 15.2 Å². The van der Waals surface area contributed by atoms with E-state index in [9.17, 15) is 8.42 Å². The molecule has 9 heteroatoms. The van der Waals surface area contributed by atoms with E-state index >= 15 is 0 Å². The van der Waals surface area contributed by atoms with Gasteiger partial charge in [0.25, 0.3) is 0 Å². The summed E-state index contributed by atoms with van der Waals surface area (Å²) in [5.41, 5.74) is 2.60. The van der Waals surface area contributed by atoms with Gasteiger partial charge in [0.15, 0.2) is 21.6 Å². The van der Waals surface area contributed by atoms with Crippen LogP contribution < -0.4 is 10.6 Å². The Labute approximate surface area is 184 Å². The molecular formula is C19H29IN4O3S. The lowest BCUT2D eigenvalue weighted by atomic mass is 10.1. The molecule has 0 aliphatic carbocycles. The summed E-state index contributed by atoms with van der Waals surface area (Å²) in [4.78, 5) is 4.91. The van der Waals surface area contributed by atoms with Gasteiger partial charge in [0.2, 0.25) is 0 Å². The van der Waals surface area contributed by atoms with E-state index in [1.54, 1.807) is 19.1 Å². The first-order chi connectivity index (χ1) is 12.7. The monoisotopic (exact) mass is 520 g/mol. The lowest BCUT2D eigenvalue weighted by Crippen LogP contribution is -2.36. The van der Waals surface area contributed by atoms with Gasteiger partial charge in [-0.1, -0.05) is 31.1 Å². The topological polar surface area (TPSA) is 96.6 Å². The number of rotatable bonds is 7. The van der Waals surface area contributed by atoms with Crippen LogP contribution in [0.4, 0.5) is 0 Å². The molecule has 0 spiro atoms. The standard InChI is InChI=1S/C19H28N4O3S.HI/c1-6-20-19(22-12-16-10-17(13(2)3)23-26-16)21-11-15-7-8-18(14(4)9-15)27(5,24)25;/h7-10,13H,6,11-12H2,1-5H3,(H2,20,21,22);1H. The smallest absolute Gasteiger partial charge is 0.191 e. The number of sulfone groups is 1. The van der Waals surface area contributed by atoms with Crippen LogP contribution in [0.3, 0.4) is 0 Å². The second-order valence-electron chi connectivity index (χ2n) is 6.79. The average molecular weight is 520 g/mol. The van der Waals surface area contributed by atoms with Crippen LogP contribution in [0, 0.1) is 6.92 Å². The third-order valence-corrected chi connectivity index (χ3v) is 5.26. The highest BCUT2D eigenvalue weighted by molar-refractivity contribution is 14.0. The number of aromatic nitrogens is 1. The van der Waals surface area contributed by atoms with E-state index < -0.39 is 9.84 Å². The van der Waals surface area contributed by atoms with Crippen LogP contribution in [0.5, 0.6) is 0 Å². The van der Waals surface area contributed by atoms with Crippen LogP contribution in [0.1, 0.15) is 49.3 Å². The Balaban J connectivity index is 0.00000392. The first-order valence-electron chi connectivity index (χ1n) is 8.98. The van der Waals surface area contributed by atoms with E-state index in [1.807, 2.05) is 19.1 Å². The minimum absolute atomic E-state index is 0. The van der Waals surface area contributed by atoms with Gasteiger partial charge in [-0.05, 0) is 37.0 Å². The number of hydrogen-bond acceptors (Lipinski definition) is 5. The second-order valence-corrected chi connectivity index (χ2v) is 8.78. The van der Waals surface area contributed by atoms with Gasteiger partial charge in [0.05, 0.1) is 23.7 Å². The van der Waals surface area contributed by atoms with E-state index in [1.165, 1.54) is 6.26 Å². The molecule has 0 saturated heterocycles. The van der Waals surface area contributed by atoms with Crippen molar-refractivity contribution in [1.29, 1.82) is 0 Å². The SMILES string of the molecule is CCNC(=NCc1ccc(S(C)(=O)=O)c(C)c1)NCc1cc(C(C)C)no1.I. The molecule has 0 atom stereocenters. The first-order valence-corrected chi connectivity index (χ1v) is 10.9. The fraction of sp³-hybridized carbons (Fsp3) is 0.474. The maximum absolute atomic E-state index is 11.7. The zero-order valence-corrected chi connectivity index (χ0v) is 20.1. The Bertz CT molecular complexity index is 908. The van der Waals surface area contributed by atoms with Gasteiger partial charge in [-0.15, -0.1) is 24.0 Å². The molecule has 7 nitrogen and oxygen atoms in total. The molecular weight excluding hydrogens is 491 g/mol. The number of halogens is 1. The van der Waals surface area contributed by atoms with E-state index in [-0.39, 0.29) is 24.0 Å². The summed E-state index contributed by atoms with van der Waals surface area (Å²) in [5, 5.41) is 10.4. The van der Waals surface area contributed by atoms with Crippen LogP contribution in [0.15, 0.2) is 38.7 Å². The number of hydrogen-bond donors (Lipinski definition) is 2. The molecule has 0 aliphatic heterocycles. The van der Waals surface area contributed by atoms with Crippen LogP contribution in [-0.2, 0) is 22.9 Å². The Morgan fingerprint density at radius 1 is 1.25 bits per heavy atom. The lowest BCUT2D eigenvalue weighted by molar-refractivity contribution is 0.372. The highest BCUT2D eigenvalue weighted by Crippen LogP contribution is 2.17. The maximum atomic E-state index is 11.7. The summed E-state index contributed by atoms with van der Waals surface area (Å²) >= 11 is 0. The van der Waals surface area contributed by atoms with E-state index in [4.69, 9.17) is 4.52 Å². The first kappa shape index (κ1) is 24.4. The van der Waals surface area contributed by atoms with Crippen molar-refractivity contribution in [2.75, 3.05) is 12.8 Å². The predicted molar refractivity (Wildman–Crippen MR) is 122 cm³/mol. The molecule has 1 heterocycles. The van der Waals surface area contributed by atoms with Crippen molar-refractivity contribution >= 4 is 39.8 Å². The normalized spacial score (nSPS) is 12.0. The summed E-state index contributed by atoms with van der Waals surface area (Å²) in [6.07, 6.45) is 1.22. The molecule has 0 aliphatic rings. The summed E-state index contributed by atoms with van der Waals surface area (Å²) in [7, 11) is -3.21. The van der Waals surface area contributed by atoms with Crippen LogP contribution >= 0.6 is 24.0 Å². The van der Waals surface area contributed by atoms with Crippen LogP contribution in [-0.4, -0.2) is 32.3 Å². The van der Waals surface area contributed by atoms with Gasteiger partial charge >= 0.3 is 0 Å². The number of nitrogens with one attached hydrogen (secondary N) is 2. The summed E-state index contributed by atoms with van der Waals surface area (Å²) in [6, 6.07) is 7.23. The molecule has 0 radical (unpaired) electrons. The van der Waals surface area contributed by atoms with E-state index in [0.717, 1.165) is 29.1 Å². The Hall–Kier alpha value is -1.62. The summed E-state index contributed by atoms with van der Waals surface area (Å²) in [5.74, 6) is 1.73. The van der Waals surface area contributed by atoms with Gasteiger partial charge in [0.1, 0.15) is 0 Å². The van der Waals surface area contributed by atoms with Crippen molar-refractivity contribution in [3.05, 3.63) is 46.8 Å². The van der Waals surface area contributed by atoms with Crippen molar-refractivity contribution in [2.45, 2.75) is 51.6 Å². The van der Waals surface area contributed by atoms with Crippen molar-refractivity contribution in [2.24, 2.45) is 4.99 Å². The van der Waals surface area contributed by atoms with Crippen molar-refractivity contribution < 1.29 is 12.9 Å². The van der Waals surface area contributed by atoms with E-state index in [2.05, 4.69) is 34.6 Å². The minimum atomic E-state index is -3.21. The molecule has 0 fully saturated rings. The van der Waals surface area contributed by atoms with Crippen LogP contribution in [0.2, 0.25) is 0 Å². The predicted octanol–water partition coefficient (Wildman–Crippen LogP) is 3.38. The number of guanidine groups is 1. The molecule has 1 aromatic carbocycles. The highest BCUT2D eigenvalue weighted by atomic mass is 127. The van der Waals surface area contributed by atoms with Crippen molar-refractivity contribution in [3.8, 4) is 0 Å². The number of nitrogens with zero attached hydrogens (tertiary/aromatic N) is 2. The fourth-order valence-corrected chi connectivity index (χ4v) is 3.55. The summed E-state index contributed by atoms with van der Waals surface area (Å²) in [6.45, 7) is 9.57. The number of aryl methyl sites for hydroxylation is 1. The molecule has 0 unspecified atom stereocenters. The van der Waals surface area contributed by atoms with Crippen molar-refractivity contribution in [3.63, 3.8) is 0 Å². The minimum Gasteiger partial charge on any atom is -0.359 e. The third kappa shape index (κ3) is 7.08. The van der Waals surface area contributed by atoms with Crippen molar-refractivity contribution in [1.82, 2.24) is 15.8 Å². The molecule has 0 saturated carbocycles. The van der Waals surface area contributed by atoms with E-state index in [0.29, 0.717) is 29.9 Å². The Morgan fingerprint density at radius 2 is 1.96 bits per heavy atom.